The Bertz CT molecular complexity index is 401. The Morgan fingerprint density at radius 1 is 1.50 bits per heavy atom. The molecule has 0 radical (unpaired) electrons. The lowest BCUT2D eigenvalue weighted by Crippen LogP contribution is -2.39. The van der Waals surface area contributed by atoms with Gasteiger partial charge in [-0.1, -0.05) is 0 Å². The second kappa shape index (κ2) is 3.73. The van der Waals surface area contributed by atoms with Crippen molar-refractivity contribution in [2.45, 2.75) is 18.6 Å². The van der Waals surface area contributed by atoms with Crippen molar-refractivity contribution in [1.29, 1.82) is 0 Å². The summed E-state index contributed by atoms with van der Waals surface area (Å²) >= 11 is 0. The number of hydrogen-bond acceptors (Lipinski definition) is 5. The van der Waals surface area contributed by atoms with Crippen LogP contribution in [0.5, 0.6) is 0 Å². The van der Waals surface area contributed by atoms with Crippen LogP contribution < -0.4 is 10.4 Å². The van der Waals surface area contributed by atoms with E-state index in [0.29, 0.717) is 17.6 Å². The zero-order valence-corrected chi connectivity index (χ0v) is 8.78. The molecule has 2 aliphatic heterocycles. The Kier molecular flexibility index (Phi) is 2.35. The summed E-state index contributed by atoms with van der Waals surface area (Å²) in [6.45, 7) is 1.60. The summed E-state index contributed by atoms with van der Waals surface area (Å²) in [4.78, 5) is 6.45. The van der Waals surface area contributed by atoms with Gasteiger partial charge in [-0.2, -0.15) is 0 Å². The van der Waals surface area contributed by atoms with Crippen molar-refractivity contribution >= 4 is 18.4 Å². The van der Waals surface area contributed by atoms with Gasteiger partial charge in [-0.05, 0) is 24.0 Å². The molecule has 3 rings (SSSR count). The Hall–Kier alpha value is -1.11. The van der Waals surface area contributed by atoms with Crippen LogP contribution in [0.4, 0.5) is 5.82 Å². The van der Waals surface area contributed by atoms with E-state index >= 15 is 0 Å². The largest absolute Gasteiger partial charge is 0.488 e. The summed E-state index contributed by atoms with van der Waals surface area (Å²) < 4.78 is 5.51. The third-order valence-electron chi connectivity index (χ3n) is 3.26. The van der Waals surface area contributed by atoms with Gasteiger partial charge in [-0.3, -0.25) is 0 Å². The molecule has 1 aromatic rings. The van der Waals surface area contributed by atoms with Gasteiger partial charge < -0.3 is 19.7 Å². The summed E-state index contributed by atoms with van der Waals surface area (Å²) in [6, 6.07) is 3.73. The minimum atomic E-state index is -1.43. The molecule has 2 aliphatic rings. The molecule has 2 atom stereocenters. The summed E-state index contributed by atoms with van der Waals surface area (Å²) in [5.41, 5.74) is 0.480. The number of hydrogen-bond donors (Lipinski definition) is 2. The summed E-state index contributed by atoms with van der Waals surface area (Å²) in [7, 11) is -1.43. The van der Waals surface area contributed by atoms with E-state index in [4.69, 9.17) is 14.8 Å². The highest BCUT2D eigenvalue weighted by Crippen LogP contribution is 2.30. The Balaban J connectivity index is 1.86. The molecule has 0 amide bonds. The van der Waals surface area contributed by atoms with Gasteiger partial charge >= 0.3 is 7.12 Å². The zero-order chi connectivity index (χ0) is 11.1. The third-order valence-corrected chi connectivity index (χ3v) is 3.26. The molecule has 16 heavy (non-hydrogen) atoms. The first-order valence-corrected chi connectivity index (χ1v) is 5.44. The van der Waals surface area contributed by atoms with E-state index in [2.05, 4.69) is 9.88 Å². The van der Waals surface area contributed by atoms with E-state index in [1.165, 1.54) is 0 Å². The van der Waals surface area contributed by atoms with Crippen LogP contribution in [-0.2, 0) is 4.74 Å². The van der Waals surface area contributed by atoms with E-state index in [1.54, 1.807) is 18.3 Å². The van der Waals surface area contributed by atoms with Crippen LogP contribution >= 0.6 is 0 Å². The molecule has 0 unspecified atom stereocenters. The second-order valence-electron chi connectivity index (χ2n) is 4.32. The molecule has 0 aromatic carbocycles. The fourth-order valence-corrected chi connectivity index (χ4v) is 2.43. The molecule has 2 N–H and O–H groups in total. The molecule has 1 aromatic heterocycles. The lowest BCUT2D eigenvalue weighted by atomic mass is 9.81. The first-order valence-electron chi connectivity index (χ1n) is 5.44. The minimum absolute atomic E-state index is 0.314. The highest BCUT2D eigenvalue weighted by Gasteiger charge is 2.39. The van der Waals surface area contributed by atoms with Gasteiger partial charge in [0.05, 0.1) is 18.8 Å². The normalized spacial score (nSPS) is 27.5. The number of rotatable bonds is 2. The quantitative estimate of drug-likeness (QED) is 0.609. The van der Waals surface area contributed by atoms with E-state index < -0.39 is 7.12 Å². The van der Waals surface area contributed by atoms with Crippen LogP contribution in [0.2, 0.25) is 0 Å². The lowest BCUT2D eigenvalue weighted by Gasteiger charge is -2.28. The monoisotopic (exact) mass is 220 g/mol. The fourth-order valence-electron chi connectivity index (χ4n) is 2.43. The topological polar surface area (TPSA) is 65.8 Å². The standard InChI is InChI=1S/C10H13BN2O3/c14-11(15)7-1-2-12-10(3-7)13-5-9-4-8(13)6-16-9/h1-3,8-9,14-15H,4-6H2/t8-,9-/m1/s1. The number of pyridine rings is 1. The van der Waals surface area contributed by atoms with Crippen LogP contribution in [-0.4, -0.2) is 47.4 Å². The molecule has 2 fully saturated rings. The summed E-state index contributed by atoms with van der Waals surface area (Å²) in [6.07, 6.45) is 2.97. The number of fused-ring (bicyclic) bond motifs is 2. The maximum Gasteiger partial charge on any atom is 0.488 e. The van der Waals surface area contributed by atoms with Gasteiger partial charge in [-0.25, -0.2) is 4.98 Å². The van der Waals surface area contributed by atoms with Gasteiger partial charge in [0.2, 0.25) is 0 Å². The van der Waals surface area contributed by atoms with Crippen LogP contribution in [0.3, 0.4) is 0 Å². The number of aromatic nitrogens is 1. The Labute approximate surface area is 93.8 Å². The van der Waals surface area contributed by atoms with E-state index in [1.807, 2.05) is 0 Å². The summed E-state index contributed by atoms with van der Waals surface area (Å²) in [5.74, 6) is 0.807. The lowest BCUT2D eigenvalue weighted by molar-refractivity contribution is 0.0989. The molecule has 2 saturated heterocycles. The average molecular weight is 220 g/mol. The van der Waals surface area contributed by atoms with Gasteiger partial charge in [0, 0.05) is 12.7 Å². The van der Waals surface area contributed by atoms with Gasteiger partial charge in [0.15, 0.2) is 0 Å². The molecule has 0 saturated carbocycles. The Morgan fingerprint density at radius 2 is 2.38 bits per heavy atom. The predicted octanol–water partition coefficient (Wildman–Crippen LogP) is -1.26. The van der Waals surface area contributed by atoms with Crippen LogP contribution in [0.15, 0.2) is 18.3 Å². The highest BCUT2D eigenvalue weighted by atomic mass is 16.5. The molecule has 6 heteroatoms. The smallest absolute Gasteiger partial charge is 0.423 e. The first-order chi connectivity index (χ1) is 7.74. The van der Waals surface area contributed by atoms with Crippen molar-refractivity contribution in [2.24, 2.45) is 0 Å². The average Bonchev–Trinajstić information content (AvgIpc) is 2.91. The van der Waals surface area contributed by atoms with Crippen molar-refractivity contribution in [3.05, 3.63) is 18.3 Å². The molecule has 0 spiro atoms. The van der Waals surface area contributed by atoms with Gasteiger partial charge in [0.1, 0.15) is 5.82 Å². The van der Waals surface area contributed by atoms with Crippen molar-refractivity contribution < 1.29 is 14.8 Å². The number of nitrogens with zero attached hydrogens (tertiary/aromatic N) is 2. The summed E-state index contributed by atoms with van der Waals surface area (Å²) in [5, 5.41) is 18.2. The number of morpholine rings is 1. The minimum Gasteiger partial charge on any atom is -0.423 e. The van der Waals surface area contributed by atoms with Crippen molar-refractivity contribution in [2.75, 3.05) is 18.1 Å². The number of ether oxygens (including phenoxy) is 1. The molecule has 0 aliphatic carbocycles. The Morgan fingerprint density at radius 3 is 3.00 bits per heavy atom. The van der Waals surface area contributed by atoms with Gasteiger partial charge in [0.25, 0.3) is 0 Å². The maximum absolute atomic E-state index is 9.11. The molecular weight excluding hydrogens is 207 g/mol. The molecule has 3 heterocycles. The van der Waals surface area contributed by atoms with Crippen molar-refractivity contribution in [1.82, 2.24) is 4.98 Å². The second-order valence-corrected chi connectivity index (χ2v) is 4.32. The fraction of sp³-hybridized carbons (Fsp3) is 0.500. The van der Waals surface area contributed by atoms with Crippen molar-refractivity contribution in [3.8, 4) is 0 Å². The van der Waals surface area contributed by atoms with E-state index in [0.717, 1.165) is 25.4 Å². The van der Waals surface area contributed by atoms with E-state index in [9.17, 15) is 0 Å². The molecule has 84 valence electrons. The molecule has 2 bridgehead atoms. The van der Waals surface area contributed by atoms with Crippen LogP contribution in [0, 0.1) is 0 Å². The van der Waals surface area contributed by atoms with Gasteiger partial charge in [-0.15, -0.1) is 0 Å². The van der Waals surface area contributed by atoms with Crippen molar-refractivity contribution in [3.63, 3.8) is 0 Å². The first kappa shape index (κ1) is 10.1. The van der Waals surface area contributed by atoms with E-state index in [-0.39, 0.29) is 0 Å². The number of anilines is 1. The predicted molar refractivity (Wildman–Crippen MR) is 59.6 cm³/mol. The SMILES string of the molecule is OB(O)c1ccnc(N2C[C@H]3C[C@@H]2CO3)c1. The molecule has 5 nitrogen and oxygen atoms in total. The zero-order valence-electron chi connectivity index (χ0n) is 8.78. The maximum atomic E-state index is 9.11. The van der Waals surface area contributed by atoms with Crippen LogP contribution in [0.1, 0.15) is 6.42 Å². The highest BCUT2D eigenvalue weighted by molar-refractivity contribution is 6.58. The third kappa shape index (κ3) is 1.59. The molecular formula is C10H13BN2O3. The van der Waals surface area contributed by atoms with Crippen LogP contribution in [0.25, 0.3) is 0 Å².